The highest BCUT2D eigenvalue weighted by Crippen LogP contribution is 2.15. The highest BCUT2D eigenvalue weighted by molar-refractivity contribution is 7.89. The predicted molar refractivity (Wildman–Crippen MR) is 70.4 cm³/mol. The van der Waals surface area contributed by atoms with Crippen LogP contribution in [0.1, 0.15) is 32.8 Å². The van der Waals surface area contributed by atoms with E-state index in [1.54, 1.807) is 13.0 Å². The van der Waals surface area contributed by atoms with Gasteiger partial charge in [-0.25, -0.2) is 17.5 Å². The Kier molecular flexibility index (Phi) is 5.04. The van der Waals surface area contributed by atoms with Crippen LogP contribution >= 0.6 is 0 Å². The second-order valence-corrected chi connectivity index (χ2v) is 6.62. The molecule has 0 aliphatic heterocycles. The van der Waals surface area contributed by atoms with E-state index in [2.05, 4.69) is 4.72 Å². The number of halogens is 1. The molecule has 1 unspecified atom stereocenters. The molecule has 0 spiro atoms. The van der Waals surface area contributed by atoms with Crippen LogP contribution < -0.4 is 4.72 Å². The number of nitrogens with one attached hydrogen (secondary N) is 1. The minimum atomic E-state index is -3.72. The van der Waals surface area contributed by atoms with Crippen molar-refractivity contribution in [2.45, 2.75) is 38.1 Å². The largest absolute Gasteiger partial charge is 0.240 e. The van der Waals surface area contributed by atoms with Crippen molar-refractivity contribution >= 4 is 10.0 Å². The molecule has 0 saturated carbocycles. The fourth-order valence-electron chi connectivity index (χ4n) is 1.85. The molecule has 1 aromatic rings. The molecular formula is C13H17FN2O2S. The Morgan fingerprint density at radius 2 is 2.00 bits per heavy atom. The van der Waals surface area contributed by atoms with Gasteiger partial charge in [-0.2, -0.15) is 5.26 Å². The third-order valence-corrected chi connectivity index (χ3v) is 4.14. The third-order valence-electron chi connectivity index (χ3n) is 2.55. The minimum Gasteiger partial charge on any atom is -0.208 e. The first kappa shape index (κ1) is 15.6. The van der Waals surface area contributed by atoms with Crippen molar-refractivity contribution in [3.8, 4) is 6.07 Å². The summed E-state index contributed by atoms with van der Waals surface area (Å²) in [4.78, 5) is -0.0962. The zero-order valence-electron chi connectivity index (χ0n) is 11.1. The summed E-state index contributed by atoms with van der Waals surface area (Å²) >= 11 is 0. The molecule has 0 aromatic heterocycles. The van der Waals surface area contributed by atoms with Crippen LogP contribution in [0.15, 0.2) is 23.1 Å². The first-order valence-corrected chi connectivity index (χ1v) is 7.46. The molecule has 0 amide bonds. The lowest BCUT2D eigenvalue weighted by Crippen LogP contribution is -2.33. The van der Waals surface area contributed by atoms with Crippen molar-refractivity contribution in [2.24, 2.45) is 5.92 Å². The van der Waals surface area contributed by atoms with Crippen LogP contribution in [-0.4, -0.2) is 14.5 Å². The molecule has 0 aliphatic rings. The van der Waals surface area contributed by atoms with E-state index in [0.29, 0.717) is 12.3 Å². The third kappa shape index (κ3) is 4.30. The van der Waals surface area contributed by atoms with Crippen LogP contribution in [-0.2, 0) is 10.0 Å². The normalized spacial score (nSPS) is 13.3. The van der Waals surface area contributed by atoms with Gasteiger partial charge >= 0.3 is 0 Å². The molecule has 4 nitrogen and oxygen atoms in total. The van der Waals surface area contributed by atoms with Crippen molar-refractivity contribution in [2.75, 3.05) is 0 Å². The Balaban J connectivity index is 2.98. The van der Waals surface area contributed by atoms with E-state index in [1.807, 2.05) is 13.8 Å². The van der Waals surface area contributed by atoms with Crippen molar-refractivity contribution in [1.29, 1.82) is 5.26 Å². The molecule has 0 heterocycles. The number of sulfonamides is 1. The summed E-state index contributed by atoms with van der Waals surface area (Å²) in [5.41, 5.74) is -0.278. The molecule has 104 valence electrons. The van der Waals surface area contributed by atoms with Gasteiger partial charge in [0.15, 0.2) is 0 Å². The smallest absolute Gasteiger partial charge is 0.208 e. The molecule has 0 radical (unpaired) electrons. The summed E-state index contributed by atoms with van der Waals surface area (Å²) in [5.74, 6) is -0.364. The van der Waals surface area contributed by atoms with Gasteiger partial charge in [-0.1, -0.05) is 13.8 Å². The predicted octanol–water partition coefficient (Wildman–Crippen LogP) is 2.41. The lowest BCUT2D eigenvalue weighted by molar-refractivity contribution is 0.482. The quantitative estimate of drug-likeness (QED) is 0.902. The van der Waals surface area contributed by atoms with Crippen LogP contribution in [0.25, 0.3) is 0 Å². The summed E-state index contributed by atoms with van der Waals surface area (Å²) in [6, 6.07) is 4.59. The van der Waals surface area contributed by atoms with Crippen molar-refractivity contribution in [3.63, 3.8) is 0 Å². The van der Waals surface area contributed by atoms with Gasteiger partial charge in [0.25, 0.3) is 0 Å². The summed E-state index contributed by atoms with van der Waals surface area (Å²) in [7, 11) is -3.72. The summed E-state index contributed by atoms with van der Waals surface area (Å²) < 4.78 is 39.8. The van der Waals surface area contributed by atoms with E-state index in [1.165, 1.54) is 0 Å². The van der Waals surface area contributed by atoms with E-state index in [4.69, 9.17) is 5.26 Å². The van der Waals surface area contributed by atoms with Gasteiger partial charge in [0.2, 0.25) is 10.0 Å². The molecule has 1 N–H and O–H groups in total. The molecular weight excluding hydrogens is 267 g/mol. The zero-order chi connectivity index (χ0) is 14.6. The van der Waals surface area contributed by atoms with Gasteiger partial charge in [0.05, 0.1) is 10.5 Å². The molecule has 1 atom stereocenters. The Morgan fingerprint density at radius 1 is 1.37 bits per heavy atom. The number of nitriles is 1. The minimum absolute atomic E-state index is 0.0962. The first-order chi connectivity index (χ1) is 8.76. The number of benzene rings is 1. The topological polar surface area (TPSA) is 70.0 Å². The number of hydrogen-bond acceptors (Lipinski definition) is 3. The first-order valence-electron chi connectivity index (χ1n) is 5.98. The number of nitrogens with zero attached hydrogens (tertiary/aromatic N) is 1. The highest BCUT2D eigenvalue weighted by Gasteiger charge is 2.19. The van der Waals surface area contributed by atoms with E-state index >= 15 is 0 Å². The van der Waals surface area contributed by atoms with Crippen LogP contribution in [0.4, 0.5) is 4.39 Å². The van der Waals surface area contributed by atoms with Gasteiger partial charge in [-0.15, -0.1) is 0 Å². The average molecular weight is 284 g/mol. The van der Waals surface area contributed by atoms with Crippen LogP contribution in [0.3, 0.4) is 0 Å². The summed E-state index contributed by atoms with van der Waals surface area (Å²) in [6.45, 7) is 5.76. The van der Waals surface area contributed by atoms with E-state index < -0.39 is 15.8 Å². The molecule has 0 fully saturated rings. The van der Waals surface area contributed by atoms with Gasteiger partial charge in [0, 0.05) is 6.04 Å². The molecule has 6 heteroatoms. The number of hydrogen-bond donors (Lipinski definition) is 1. The van der Waals surface area contributed by atoms with Crippen LogP contribution in [0.5, 0.6) is 0 Å². The van der Waals surface area contributed by atoms with E-state index in [0.717, 1.165) is 18.2 Å². The summed E-state index contributed by atoms with van der Waals surface area (Å²) in [6.07, 6.45) is 0.700. The zero-order valence-corrected chi connectivity index (χ0v) is 12.0. The van der Waals surface area contributed by atoms with Gasteiger partial charge < -0.3 is 0 Å². The molecule has 0 aliphatic carbocycles. The van der Waals surface area contributed by atoms with Gasteiger partial charge in [-0.05, 0) is 37.5 Å². The van der Waals surface area contributed by atoms with Crippen LogP contribution in [0.2, 0.25) is 0 Å². The fourth-order valence-corrected chi connectivity index (χ4v) is 3.13. The Morgan fingerprint density at radius 3 is 2.53 bits per heavy atom. The average Bonchev–Trinajstić information content (AvgIpc) is 2.27. The lowest BCUT2D eigenvalue weighted by Gasteiger charge is -2.16. The maximum absolute atomic E-state index is 13.2. The molecule has 1 rings (SSSR count). The Bertz CT molecular complexity index is 591. The molecule has 19 heavy (non-hydrogen) atoms. The lowest BCUT2D eigenvalue weighted by atomic mass is 10.1. The van der Waals surface area contributed by atoms with Gasteiger partial charge in [0.1, 0.15) is 11.9 Å². The second-order valence-electron chi connectivity index (χ2n) is 4.91. The SMILES string of the molecule is CC(C)CC(C)NS(=O)(=O)c1ccc(F)c(C#N)c1. The summed E-state index contributed by atoms with van der Waals surface area (Å²) in [5, 5.41) is 8.70. The monoisotopic (exact) mass is 284 g/mol. The molecule has 1 aromatic carbocycles. The maximum atomic E-state index is 13.2. The fraction of sp³-hybridized carbons (Fsp3) is 0.462. The second kappa shape index (κ2) is 6.13. The standard InChI is InChI=1S/C13H17FN2O2S/c1-9(2)6-10(3)16-19(17,18)12-4-5-13(14)11(7-12)8-15/h4-5,7,9-10,16H,6H2,1-3H3. The van der Waals surface area contributed by atoms with Crippen molar-refractivity contribution in [1.82, 2.24) is 4.72 Å². The van der Waals surface area contributed by atoms with E-state index in [-0.39, 0.29) is 16.5 Å². The number of rotatable bonds is 5. The Labute approximate surface area is 113 Å². The highest BCUT2D eigenvalue weighted by atomic mass is 32.2. The molecule has 0 saturated heterocycles. The Hall–Kier alpha value is -1.45. The maximum Gasteiger partial charge on any atom is 0.240 e. The van der Waals surface area contributed by atoms with Crippen molar-refractivity contribution < 1.29 is 12.8 Å². The van der Waals surface area contributed by atoms with Crippen molar-refractivity contribution in [3.05, 3.63) is 29.6 Å². The van der Waals surface area contributed by atoms with Gasteiger partial charge in [-0.3, -0.25) is 0 Å². The molecule has 0 bridgehead atoms. The van der Waals surface area contributed by atoms with E-state index in [9.17, 15) is 12.8 Å². The van der Waals surface area contributed by atoms with Crippen LogP contribution in [0, 0.1) is 23.1 Å².